The Morgan fingerprint density at radius 2 is 2.13 bits per heavy atom. The van der Waals surface area contributed by atoms with Crippen LogP contribution in [0.15, 0.2) is 17.1 Å². The van der Waals surface area contributed by atoms with E-state index in [0.717, 1.165) is 23.3 Å². The number of carbonyl (C=O) groups excluding carboxylic acids is 1. The number of ether oxygens (including phenoxy) is 1. The molecule has 0 aliphatic heterocycles. The maximum Gasteiger partial charge on any atom is 0.235 e. The van der Waals surface area contributed by atoms with Gasteiger partial charge in [0.15, 0.2) is 0 Å². The van der Waals surface area contributed by atoms with Crippen molar-refractivity contribution >= 4 is 17.7 Å². The molecule has 1 rings (SSSR count). The first-order chi connectivity index (χ1) is 7.22. The summed E-state index contributed by atoms with van der Waals surface area (Å²) in [4.78, 5) is 13.6. The highest BCUT2D eigenvalue weighted by Gasteiger charge is 2.09. The number of hydrogen-bond donors (Lipinski definition) is 0. The lowest BCUT2D eigenvalue weighted by molar-refractivity contribution is 0.405. The van der Waals surface area contributed by atoms with Gasteiger partial charge in [-0.05, 0) is 24.1 Å². The van der Waals surface area contributed by atoms with Crippen molar-refractivity contribution in [1.82, 2.24) is 0 Å². The van der Waals surface area contributed by atoms with Crippen LogP contribution in [0, 0.1) is 0 Å². The smallest absolute Gasteiger partial charge is 0.235 e. The van der Waals surface area contributed by atoms with Crippen LogP contribution in [0.2, 0.25) is 5.02 Å². The summed E-state index contributed by atoms with van der Waals surface area (Å²) in [6.45, 7) is 2.27. The van der Waals surface area contributed by atoms with Crippen molar-refractivity contribution in [2.45, 2.75) is 19.9 Å². The predicted molar refractivity (Wildman–Crippen MR) is 59.2 cm³/mol. The summed E-state index contributed by atoms with van der Waals surface area (Å²) in [6, 6.07) is 3.61. The second-order valence-corrected chi connectivity index (χ2v) is 3.45. The second-order valence-electron chi connectivity index (χ2n) is 3.02. The van der Waals surface area contributed by atoms with Crippen molar-refractivity contribution in [2.24, 2.45) is 4.99 Å². The Morgan fingerprint density at radius 1 is 1.47 bits per heavy atom. The SMILES string of the molecule is CCc1cc(Cl)cc(CN=C=O)c1OC. The largest absolute Gasteiger partial charge is 0.496 e. The summed E-state index contributed by atoms with van der Waals surface area (Å²) in [5.41, 5.74) is 1.83. The van der Waals surface area contributed by atoms with Gasteiger partial charge in [0.1, 0.15) is 5.75 Å². The summed E-state index contributed by atoms with van der Waals surface area (Å²) < 4.78 is 5.27. The number of hydrogen-bond acceptors (Lipinski definition) is 3. The summed E-state index contributed by atoms with van der Waals surface area (Å²) in [6.07, 6.45) is 2.32. The lowest BCUT2D eigenvalue weighted by Gasteiger charge is -2.11. The van der Waals surface area contributed by atoms with E-state index in [1.807, 2.05) is 13.0 Å². The Bertz CT molecular complexity index is 398. The zero-order chi connectivity index (χ0) is 11.3. The molecule has 0 fully saturated rings. The Labute approximate surface area is 93.7 Å². The van der Waals surface area contributed by atoms with Crippen LogP contribution < -0.4 is 4.74 Å². The van der Waals surface area contributed by atoms with Crippen LogP contribution in [-0.4, -0.2) is 13.2 Å². The van der Waals surface area contributed by atoms with Crippen LogP contribution in [0.4, 0.5) is 0 Å². The molecule has 0 radical (unpaired) electrons. The highest BCUT2D eigenvalue weighted by atomic mass is 35.5. The average molecular weight is 226 g/mol. The third kappa shape index (κ3) is 2.82. The monoisotopic (exact) mass is 225 g/mol. The fourth-order valence-electron chi connectivity index (χ4n) is 1.47. The lowest BCUT2D eigenvalue weighted by Crippen LogP contribution is -1.96. The molecule has 0 aliphatic carbocycles. The van der Waals surface area contributed by atoms with Gasteiger partial charge in [0.25, 0.3) is 0 Å². The minimum atomic E-state index is 0.250. The van der Waals surface area contributed by atoms with E-state index in [4.69, 9.17) is 16.3 Å². The van der Waals surface area contributed by atoms with Gasteiger partial charge in [-0.3, -0.25) is 0 Å². The van der Waals surface area contributed by atoms with Gasteiger partial charge in [0, 0.05) is 10.6 Å². The highest BCUT2D eigenvalue weighted by molar-refractivity contribution is 6.30. The Morgan fingerprint density at radius 3 is 2.67 bits per heavy atom. The van der Waals surface area contributed by atoms with Gasteiger partial charge in [-0.15, -0.1) is 0 Å². The topological polar surface area (TPSA) is 38.7 Å². The molecule has 80 valence electrons. The number of isocyanates is 1. The molecule has 0 N–H and O–H groups in total. The number of benzene rings is 1. The molecule has 0 spiro atoms. The zero-order valence-corrected chi connectivity index (χ0v) is 9.47. The van der Waals surface area contributed by atoms with Gasteiger partial charge in [-0.25, -0.2) is 9.79 Å². The van der Waals surface area contributed by atoms with Crippen molar-refractivity contribution in [3.8, 4) is 5.75 Å². The fourth-order valence-corrected chi connectivity index (χ4v) is 1.73. The van der Waals surface area contributed by atoms with Crippen LogP contribution in [0.5, 0.6) is 5.75 Å². The van der Waals surface area contributed by atoms with Crippen LogP contribution >= 0.6 is 11.6 Å². The van der Waals surface area contributed by atoms with E-state index >= 15 is 0 Å². The standard InChI is InChI=1S/C11H12ClNO2/c1-3-8-4-10(12)5-9(6-13-7-14)11(8)15-2/h4-5H,3,6H2,1-2H3. The molecule has 0 saturated heterocycles. The first-order valence-corrected chi connectivity index (χ1v) is 4.99. The molecule has 15 heavy (non-hydrogen) atoms. The zero-order valence-electron chi connectivity index (χ0n) is 8.71. The Kier molecular flexibility index (Phi) is 4.35. The summed E-state index contributed by atoms with van der Waals surface area (Å²) in [5, 5.41) is 0.628. The number of aliphatic imine (C=N–C) groups is 1. The van der Waals surface area contributed by atoms with Gasteiger partial charge in [-0.2, -0.15) is 0 Å². The van der Waals surface area contributed by atoms with Crippen LogP contribution in [0.25, 0.3) is 0 Å². The molecular weight excluding hydrogens is 214 g/mol. The first kappa shape index (κ1) is 11.8. The van der Waals surface area contributed by atoms with Crippen LogP contribution in [0.3, 0.4) is 0 Å². The Hall–Kier alpha value is -1.31. The molecule has 0 aliphatic rings. The van der Waals surface area contributed by atoms with Crippen molar-refractivity contribution < 1.29 is 9.53 Å². The summed E-state index contributed by atoms with van der Waals surface area (Å²) >= 11 is 5.94. The molecule has 0 aromatic heterocycles. The van der Waals surface area contributed by atoms with E-state index in [9.17, 15) is 4.79 Å². The van der Waals surface area contributed by atoms with E-state index in [0.29, 0.717) is 5.02 Å². The third-order valence-electron chi connectivity index (χ3n) is 2.11. The highest BCUT2D eigenvalue weighted by Crippen LogP contribution is 2.29. The van der Waals surface area contributed by atoms with Gasteiger partial charge in [0.05, 0.1) is 13.7 Å². The number of halogens is 1. The van der Waals surface area contributed by atoms with E-state index in [2.05, 4.69) is 4.99 Å². The normalized spacial score (nSPS) is 9.53. The molecule has 1 aromatic carbocycles. The van der Waals surface area contributed by atoms with Gasteiger partial charge in [0.2, 0.25) is 6.08 Å². The van der Waals surface area contributed by atoms with Crippen LogP contribution in [0.1, 0.15) is 18.1 Å². The molecule has 0 amide bonds. The van der Waals surface area contributed by atoms with Crippen molar-refractivity contribution in [3.05, 3.63) is 28.3 Å². The molecule has 3 nitrogen and oxygen atoms in total. The van der Waals surface area contributed by atoms with Gasteiger partial charge < -0.3 is 4.74 Å². The number of methoxy groups -OCH3 is 1. The van der Waals surface area contributed by atoms with Crippen molar-refractivity contribution in [2.75, 3.05) is 7.11 Å². The van der Waals surface area contributed by atoms with Crippen LogP contribution in [-0.2, 0) is 17.8 Å². The summed E-state index contributed by atoms with van der Waals surface area (Å²) in [5.74, 6) is 0.751. The molecular formula is C11H12ClNO2. The Balaban J connectivity index is 3.21. The second kappa shape index (κ2) is 5.54. The molecule has 0 bridgehead atoms. The lowest BCUT2D eigenvalue weighted by atomic mass is 10.1. The van der Waals surface area contributed by atoms with Gasteiger partial charge in [-0.1, -0.05) is 18.5 Å². The number of rotatable bonds is 4. The number of aryl methyl sites for hydroxylation is 1. The fraction of sp³-hybridized carbons (Fsp3) is 0.364. The number of nitrogens with zero attached hydrogens (tertiary/aromatic N) is 1. The molecule has 0 heterocycles. The minimum absolute atomic E-state index is 0.250. The quantitative estimate of drug-likeness (QED) is 0.584. The third-order valence-corrected chi connectivity index (χ3v) is 2.32. The maximum absolute atomic E-state index is 10.1. The molecule has 4 heteroatoms. The maximum atomic E-state index is 10.1. The van der Waals surface area contributed by atoms with E-state index in [-0.39, 0.29) is 6.54 Å². The van der Waals surface area contributed by atoms with Gasteiger partial charge >= 0.3 is 0 Å². The van der Waals surface area contributed by atoms with Crippen molar-refractivity contribution in [3.63, 3.8) is 0 Å². The molecule has 0 saturated carbocycles. The van der Waals surface area contributed by atoms with Crippen molar-refractivity contribution in [1.29, 1.82) is 0 Å². The molecule has 0 atom stereocenters. The van der Waals surface area contributed by atoms with E-state index in [1.54, 1.807) is 13.2 Å². The minimum Gasteiger partial charge on any atom is -0.496 e. The van der Waals surface area contributed by atoms with E-state index < -0.39 is 0 Å². The average Bonchev–Trinajstić information content (AvgIpc) is 2.25. The molecule has 1 aromatic rings. The van der Waals surface area contributed by atoms with E-state index in [1.165, 1.54) is 6.08 Å². The summed E-state index contributed by atoms with van der Waals surface area (Å²) in [7, 11) is 1.59. The predicted octanol–water partition coefficient (Wildman–Crippen LogP) is 2.75. The molecule has 0 unspecified atom stereocenters. The first-order valence-electron chi connectivity index (χ1n) is 4.61.